The van der Waals surface area contributed by atoms with Crippen molar-refractivity contribution >= 4 is 11.9 Å². The van der Waals surface area contributed by atoms with Gasteiger partial charge in [0.05, 0.1) is 17.7 Å². The Labute approximate surface area is 146 Å². The summed E-state index contributed by atoms with van der Waals surface area (Å²) in [5, 5.41) is 0. The third-order valence-corrected chi connectivity index (χ3v) is 3.20. The van der Waals surface area contributed by atoms with Gasteiger partial charge in [0.1, 0.15) is 18.1 Å². The van der Waals surface area contributed by atoms with Crippen molar-refractivity contribution in [3.63, 3.8) is 0 Å². The van der Waals surface area contributed by atoms with E-state index < -0.39 is 11.9 Å². The molecule has 130 valence electrons. The predicted octanol–water partition coefficient (Wildman–Crippen LogP) is 4.04. The van der Waals surface area contributed by atoms with Gasteiger partial charge in [-0.25, -0.2) is 9.59 Å². The second kappa shape index (κ2) is 9.27. The van der Waals surface area contributed by atoms with Crippen LogP contribution in [0.15, 0.2) is 61.2 Å². The van der Waals surface area contributed by atoms with Crippen molar-refractivity contribution in [3.05, 3.63) is 72.3 Å². The van der Waals surface area contributed by atoms with Gasteiger partial charge in [0.15, 0.2) is 0 Å². The summed E-state index contributed by atoms with van der Waals surface area (Å²) in [5.74, 6) is 0.113. The van der Waals surface area contributed by atoms with E-state index in [9.17, 15) is 9.59 Å². The third-order valence-electron chi connectivity index (χ3n) is 3.20. The summed E-state index contributed by atoms with van der Waals surface area (Å²) in [6, 6.07) is 12.9. The van der Waals surface area contributed by atoms with Crippen LogP contribution >= 0.6 is 0 Å². The highest BCUT2D eigenvalue weighted by Crippen LogP contribution is 2.17. The zero-order chi connectivity index (χ0) is 18.1. The van der Waals surface area contributed by atoms with Crippen molar-refractivity contribution in [2.24, 2.45) is 0 Å². The molecule has 2 aromatic carbocycles. The van der Waals surface area contributed by atoms with E-state index in [1.54, 1.807) is 54.6 Å². The molecule has 0 aliphatic heterocycles. The molecule has 5 heteroatoms. The lowest BCUT2D eigenvalue weighted by Gasteiger charge is -2.07. The van der Waals surface area contributed by atoms with Gasteiger partial charge in [-0.2, -0.15) is 0 Å². The van der Waals surface area contributed by atoms with E-state index >= 15 is 0 Å². The summed E-state index contributed by atoms with van der Waals surface area (Å²) in [4.78, 5) is 23.8. The van der Waals surface area contributed by atoms with E-state index in [1.165, 1.54) is 0 Å². The highest BCUT2D eigenvalue weighted by atomic mass is 16.5. The molecule has 0 radical (unpaired) electrons. The number of hydrogen-bond acceptors (Lipinski definition) is 5. The fraction of sp³-hybridized carbons (Fsp3) is 0.200. The monoisotopic (exact) mass is 340 g/mol. The molecule has 0 spiro atoms. The number of benzene rings is 2. The van der Waals surface area contributed by atoms with Crippen LogP contribution in [0.4, 0.5) is 0 Å². The average molecular weight is 340 g/mol. The normalized spacial score (nSPS) is 9.96. The van der Waals surface area contributed by atoms with Crippen molar-refractivity contribution in [2.75, 3.05) is 13.2 Å². The minimum Gasteiger partial charge on any atom is -0.490 e. The molecule has 0 aromatic heterocycles. The maximum absolute atomic E-state index is 12.1. The standard InChI is InChI=1S/C20H20O5/c1-3-13-23-17-9-5-16(6-10-17)20(22)25-18-11-7-15(8-12-18)19(21)24-14-4-2/h3,5-12H,1,4,13-14H2,2H3. The van der Waals surface area contributed by atoms with Crippen LogP contribution in [0.5, 0.6) is 11.5 Å². The summed E-state index contributed by atoms with van der Waals surface area (Å²) in [7, 11) is 0. The number of rotatable bonds is 8. The highest BCUT2D eigenvalue weighted by molar-refractivity contribution is 5.92. The van der Waals surface area contributed by atoms with E-state index in [-0.39, 0.29) is 0 Å². The molecule has 0 unspecified atom stereocenters. The smallest absolute Gasteiger partial charge is 0.343 e. The van der Waals surface area contributed by atoms with E-state index in [0.29, 0.717) is 35.8 Å². The van der Waals surface area contributed by atoms with Gasteiger partial charge in [0, 0.05) is 0 Å². The second-order valence-electron chi connectivity index (χ2n) is 5.17. The Hall–Kier alpha value is -3.08. The fourth-order valence-corrected chi connectivity index (χ4v) is 1.95. The molecule has 25 heavy (non-hydrogen) atoms. The number of carbonyl (C=O) groups excluding carboxylic acids is 2. The Morgan fingerprint density at radius 2 is 1.48 bits per heavy atom. The number of hydrogen-bond donors (Lipinski definition) is 0. The molecule has 0 N–H and O–H groups in total. The fourth-order valence-electron chi connectivity index (χ4n) is 1.95. The molecular weight excluding hydrogens is 320 g/mol. The van der Waals surface area contributed by atoms with Crippen molar-refractivity contribution in [3.8, 4) is 11.5 Å². The van der Waals surface area contributed by atoms with Crippen LogP contribution in [0.25, 0.3) is 0 Å². The number of carbonyl (C=O) groups is 2. The molecule has 0 bridgehead atoms. The van der Waals surface area contributed by atoms with Crippen LogP contribution in [0.3, 0.4) is 0 Å². The number of esters is 2. The SMILES string of the molecule is C=CCOc1ccc(C(=O)Oc2ccc(C(=O)OCCC)cc2)cc1. The van der Waals surface area contributed by atoms with Gasteiger partial charge in [-0.3, -0.25) is 0 Å². The molecule has 2 rings (SSSR count). The summed E-state index contributed by atoms with van der Waals surface area (Å²) in [5.41, 5.74) is 0.814. The molecule has 5 nitrogen and oxygen atoms in total. The van der Waals surface area contributed by atoms with Gasteiger partial charge in [-0.1, -0.05) is 19.6 Å². The Balaban J connectivity index is 1.95. The lowest BCUT2D eigenvalue weighted by molar-refractivity contribution is 0.0505. The van der Waals surface area contributed by atoms with Crippen molar-refractivity contribution in [1.82, 2.24) is 0 Å². The molecule has 0 amide bonds. The van der Waals surface area contributed by atoms with Crippen LogP contribution in [0, 0.1) is 0 Å². The first-order chi connectivity index (χ1) is 12.1. The molecule has 2 aromatic rings. The zero-order valence-electron chi connectivity index (χ0n) is 14.1. The van der Waals surface area contributed by atoms with E-state index in [4.69, 9.17) is 14.2 Å². The van der Waals surface area contributed by atoms with Gasteiger partial charge in [0.25, 0.3) is 0 Å². The van der Waals surface area contributed by atoms with Crippen LogP contribution in [0.1, 0.15) is 34.1 Å². The highest BCUT2D eigenvalue weighted by Gasteiger charge is 2.11. The van der Waals surface area contributed by atoms with Crippen LogP contribution in [-0.4, -0.2) is 25.2 Å². The largest absolute Gasteiger partial charge is 0.490 e. The summed E-state index contributed by atoms with van der Waals surface area (Å²) >= 11 is 0. The van der Waals surface area contributed by atoms with Gasteiger partial charge in [0.2, 0.25) is 0 Å². The number of ether oxygens (including phenoxy) is 3. The minimum absolute atomic E-state index is 0.351. The third kappa shape index (κ3) is 5.49. The first kappa shape index (κ1) is 18.3. The maximum Gasteiger partial charge on any atom is 0.343 e. The average Bonchev–Trinajstić information content (AvgIpc) is 2.65. The van der Waals surface area contributed by atoms with Crippen molar-refractivity contribution in [2.45, 2.75) is 13.3 Å². The Morgan fingerprint density at radius 3 is 2.04 bits per heavy atom. The zero-order valence-corrected chi connectivity index (χ0v) is 14.1. The Bertz CT molecular complexity index is 717. The molecule has 0 fully saturated rings. The minimum atomic E-state index is -0.489. The van der Waals surface area contributed by atoms with Crippen LogP contribution in [0.2, 0.25) is 0 Å². The topological polar surface area (TPSA) is 61.8 Å². The predicted molar refractivity (Wildman–Crippen MR) is 94.1 cm³/mol. The lowest BCUT2D eigenvalue weighted by Crippen LogP contribution is -2.09. The molecule has 0 saturated heterocycles. The summed E-state index contributed by atoms with van der Waals surface area (Å²) < 4.78 is 15.7. The summed E-state index contributed by atoms with van der Waals surface area (Å²) in [6.45, 7) is 6.27. The van der Waals surface area contributed by atoms with E-state index in [0.717, 1.165) is 6.42 Å². The maximum atomic E-state index is 12.1. The molecule has 0 aliphatic carbocycles. The van der Waals surface area contributed by atoms with Gasteiger partial charge < -0.3 is 14.2 Å². The Kier molecular flexibility index (Phi) is 6.77. The molecule has 0 atom stereocenters. The van der Waals surface area contributed by atoms with Crippen molar-refractivity contribution < 1.29 is 23.8 Å². The second-order valence-corrected chi connectivity index (χ2v) is 5.17. The molecular formula is C20H20O5. The van der Waals surface area contributed by atoms with Gasteiger partial charge in [-0.15, -0.1) is 0 Å². The van der Waals surface area contributed by atoms with Crippen LogP contribution < -0.4 is 9.47 Å². The quantitative estimate of drug-likeness (QED) is 0.412. The van der Waals surface area contributed by atoms with Crippen molar-refractivity contribution in [1.29, 1.82) is 0 Å². The Morgan fingerprint density at radius 1 is 0.920 bits per heavy atom. The first-order valence-corrected chi connectivity index (χ1v) is 7.97. The van der Waals surface area contributed by atoms with Crippen LogP contribution in [-0.2, 0) is 4.74 Å². The molecule has 0 aliphatic rings. The molecule has 0 saturated carbocycles. The van der Waals surface area contributed by atoms with Gasteiger partial charge in [-0.05, 0) is 55.0 Å². The summed E-state index contributed by atoms with van der Waals surface area (Å²) in [6.07, 6.45) is 2.41. The lowest BCUT2D eigenvalue weighted by atomic mass is 10.2. The van der Waals surface area contributed by atoms with E-state index in [1.807, 2.05) is 6.92 Å². The van der Waals surface area contributed by atoms with E-state index in [2.05, 4.69) is 6.58 Å². The first-order valence-electron chi connectivity index (χ1n) is 7.97. The molecule has 0 heterocycles. The van der Waals surface area contributed by atoms with Gasteiger partial charge >= 0.3 is 11.9 Å².